The lowest BCUT2D eigenvalue weighted by Crippen LogP contribution is -2.38. The largest absolute Gasteiger partial charge is 0.352 e. The monoisotopic (exact) mass is 196 g/mol. The Hall–Kier alpha value is -0.830. The summed E-state index contributed by atoms with van der Waals surface area (Å²) < 4.78 is 0. The number of carbonyl (C=O) groups excluding carboxylic acids is 1. The van der Waals surface area contributed by atoms with Crippen molar-refractivity contribution in [1.82, 2.24) is 10.2 Å². The molecular formula is C11H20N2O. The molecule has 1 amide bonds. The van der Waals surface area contributed by atoms with Crippen LogP contribution >= 0.6 is 0 Å². The first-order valence-electron chi connectivity index (χ1n) is 5.31. The van der Waals surface area contributed by atoms with Crippen LogP contribution in [0.3, 0.4) is 0 Å². The Bertz CT molecular complexity index is 213. The fourth-order valence-corrected chi connectivity index (χ4v) is 1.90. The Labute approximate surface area is 86.2 Å². The van der Waals surface area contributed by atoms with Crippen LogP contribution in [0.1, 0.15) is 19.8 Å². The molecule has 0 aromatic heterocycles. The van der Waals surface area contributed by atoms with Crippen LogP contribution in [0, 0.1) is 5.92 Å². The zero-order valence-corrected chi connectivity index (χ0v) is 9.12. The zero-order valence-electron chi connectivity index (χ0n) is 9.12. The molecule has 0 bridgehead atoms. The van der Waals surface area contributed by atoms with Gasteiger partial charge in [-0.3, -0.25) is 4.79 Å². The van der Waals surface area contributed by atoms with Gasteiger partial charge in [-0.15, -0.1) is 0 Å². The number of hydrogen-bond donors (Lipinski definition) is 1. The van der Waals surface area contributed by atoms with Crippen molar-refractivity contribution < 1.29 is 4.79 Å². The number of piperidine rings is 1. The molecule has 0 aliphatic carbocycles. The minimum absolute atomic E-state index is 0.0285. The summed E-state index contributed by atoms with van der Waals surface area (Å²) in [6.45, 7) is 4.97. The van der Waals surface area contributed by atoms with Gasteiger partial charge in [0.05, 0.1) is 0 Å². The molecule has 1 unspecified atom stereocenters. The van der Waals surface area contributed by atoms with Gasteiger partial charge >= 0.3 is 0 Å². The number of allylic oxidation sites excluding steroid dienone is 1. The third kappa shape index (κ3) is 3.92. The van der Waals surface area contributed by atoms with E-state index in [0.29, 0.717) is 5.92 Å². The molecule has 1 aliphatic rings. The lowest BCUT2D eigenvalue weighted by atomic mass is 9.98. The van der Waals surface area contributed by atoms with Gasteiger partial charge in [-0.25, -0.2) is 0 Å². The molecule has 0 radical (unpaired) electrons. The summed E-state index contributed by atoms with van der Waals surface area (Å²) in [5.41, 5.74) is 0. The number of nitrogens with zero attached hydrogens (tertiary/aromatic N) is 1. The second-order valence-electron chi connectivity index (χ2n) is 4.02. The molecule has 1 heterocycles. The first-order valence-corrected chi connectivity index (χ1v) is 5.31. The molecule has 0 aromatic carbocycles. The molecule has 0 saturated carbocycles. The predicted molar refractivity (Wildman–Crippen MR) is 58.0 cm³/mol. The summed E-state index contributed by atoms with van der Waals surface area (Å²) >= 11 is 0. The third-order valence-electron chi connectivity index (χ3n) is 2.61. The van der Waals surface area contributed by atoms with Crippen LogP contribution in [-0.4, -0.2) is 37.5 Å². The summed E-state index contributed by atoms with van der Waals surface area (Å²) in [6, 6.07) is 0. The fraction of sp³-hybridized carbons (Fsp3) is 0.727. The summed E-state index contributed by atoms with van der Waals surface area (Å²) in [5, 5.41) is 2.92. The van der Waals surface area contributed by atoms with E-state index in [1.54, 1.807) is 12.2 Å². The fourth-order valence-electron chi connectivity index (χ4n) is 1.90. The molecule has 3 heteroatoms. The number of nitrogens with one attached hydrogen (secondary N) is 1. The second kappa shape index (κ2) is 5.81. The first-order chi connectivity index (χ1) is 6.72. The highest BCUT2D eigenvalue weighted by atomic mass is 16.1. The molecule has 1 rings (SSSR count). The minimum atomic E-state index is 0.0285. The van der Waals surface area contributed by atoms with Gasteiger partial charge in [0, 0.05) is 13.1 Å². The maximum absolute atomic E-state index is 11.2. The molecule has 1 fully saturated rings. The highest BCUT2D eigenvalue weighted by Crippen LogP contribution is 2.13. The lowest BCUT2D eigenvalue weighted by Gasteiger charge is -2.29. The van der Waals surface area contributed by atoms with Crippen LogP contribution in [0.15, 0.2) is 12.2 Å². The van der Waals surface area contributed by atoms with Crippen molar-refractivity contribution in [3.05, 3.63) is 12.2 Å². The standard InChI is InChI=1S/C11H20N2O/c1-3-5-11(14)12-8-10-6-4-7-13(2)9-10/h3,5,10H,4,6-9H2,1-2H3,(H,12,14)/b5-3+. The molecule has 1 aliphatic heterocycles. The molecule has 1 saturated heterocycles. The SMILES string of the molecule is C/C=C/C(=O)NCC1CCCN(C)C1. The highest BCUT2D eigenvalue weighted by molar-refractivity contribution is 5.87. The van der Waals surface area contributed by atoms with E-state index >= 15 is 0 Å². The summed E-state index contributed by atoms with van der Waals surface area (Å²) in [4.78, 5) is 13.5. The van der Waals surface area contributed by atoms with E-state index in [2.05, 4.69) is 17.3 Å². The molecular weight excluding hydrogens is 176 g/mol. The van der Waals surface area contributed by atoms with Gasteiger partial charge in [0.25, 0.3) is 0 Å². The molecule has 0 aromatic rings. The lowest BCUT2D eigenvalue weighted by molar-refractivity contribution is -0.116. The second-order valence-corrected chi connectivity index (χ2v) is 4.02. The first kappa shape index (κ1) is 11.2. The molecule has 0 spiro atoms. The van der Waals surface area contributed by atoms with Gasteiger partial charge < -0.3 is 10.2 Å². The summed E-state index contributed by atoms with van der Waals surface area (Å²) in [7, 11) is 2.14. The molecule has 1 atom stereocenters. The number of likely N-dealkylation sites (tertiary alicyclic amines) is 1. The maximum atomic E-state index is 11.2. The quantitative estimate of drug-likeness (QED) is 0.684. The number of rotatable bonds is 3. The molecule has 14 heavy (non-hydrogen) atoms. The summed E-state index contributed by atoms with van der Waals surface area (Å²) in [5.74, 6) is 0.656. The van der Waals surface area contributed by atoms with Gasteiger partial charge in [-0.1, -0.05) is 6.08 Å². The van der Waals surface area contributed by atoms with Crippen molar-refractivity contribution in [2.75, 3.05) is 26.7 Å². The summed E-state index contributed by atoms with van der Waals surface area (Å²) in [6.07, 6.45) is 5.83. The van der Waals surface area contributed by atoms with Crippen molar-refractivity contribution >= 4 is 5.91 Å². The normalized spacial score (nSPS) is 24.0. The van der Waals surface area contributed by atoms with Crippen LogP contribution in [-0.2, 0) is 4.79 Å². The van der Waals surface area contributed by atoms with Crippen molar-refractivity contribution in [2.45, 2.75) is 19.8 Å². The molecule has 80 valence electrons. The van der Waals surface area contributed by atoms with E-state index in [0.717, 1.165) is 13.1 Å². The Kier molecular flexibility index (Phi) is 4.66. The van der Waals surface area contributed by atoms with Gasteiger partial charge in [0.2, 0.25) is 5.91 Å². The molecule has 3 nitrogen and oxygen atoms in total. The number of amides is 1. The van der Waals surface area contributed by atoms with Crippen LogP contribution < -0.4 is 5.32 Å². The number of carbonyl (C=O) groups is 1. The van der Waals surface area contributed by atoms with Gasteiger partial charge in [-0.2, -0.15) is 0 Å². The van der Waals surface area contributed by atoms with Crippen molar-refractivity contribution in [3.8, 4) is 0 Å². The topological polar surface area (TPSA) is 32.3 Å². The highest BCUT2D eigenvalue weighted by Gasteiger charge is 2.16. The van der Waals surface area contributed by atoms with Gasteiger partial charge in [0.1, 0.15) is 0 Å². The van der Waals surface area contributed by atoms with Crippen molar-refractivity contribution in [2.24, 2.45) is 5.92 Å². The zero-order chi connectivity index (χ0) is 10.4. The maximum Gasteiger partial charge on any atom is 0.243 e. The Balaban J connectivity index is 2.20. The smallest absolute Gasteiger partial charge is 0.243 e. The van der Waals surface area contributed by atoms with Crippen molar-refractivity contribution in [3.63, 3.8) is 0 Å². The van der Waals surface area contributed by atoms with Crippen LogP contribution in [0.2, 0.25) is 0 Å². The van der Waals surface area contributed by atoms with Gasteiger partial charge in [0.15, 0.2) is 0 Å². The van der Waals surface area contributed by atoms with Crippen LogP contribution in [0.25, 0.3) is 0 Å². The van der Waals surface area contributed by atoms with Crippen LogP contribution in [0.5, 0.6) is 0 Å². The van der Waals surface area contributed by atoms with E-state index in [1.807, 2.05) is 6.92 Å². The molecule has 1 N–H and O–H groups in total. The number of hydrogen-bond acceptors (Lipinski definition) is 2. The minimum Gasteiger partial charge on any atom is -0.352 e. The van der Waals surface area contributed by atoms with E-state index in [-0.39, 0.29) is 5.91 Å². The Morgan fingerprint density at radius 3 is 3.07 bits per heavy atom. The van der Waals surface area contributed by atoms with Crippen molar-refractivity contribution in [1.29, 1.82) is 0 Å². The van der Waals surface area contributed by atoms with E-state index < -0.39 is 0 Å². The third-order valence-corrected chi connectivity index (χ3v) is 2.61. The predicted octanol–water partition coefficient (Wildman–Crippen LogP) is 1.02. The van der Waals surface area contributed by atoms with E-state index in [1.165, 1.54) is 19.4 Å². The van der Waals surface area contributed by atoms with E-state index in [9.17, 15) is 4.79 Å². The van der Waals surface area contributed by atoms with E-state index in [4.69, 9.17) is 0 Å². The van der Waals surface area contributed by atoms with Crippen LogP contribution in [0.4, 0.5) is 0 Å². The van der Waals surface area contributed by atoms with Gasteiger partial charge in [-0.05, 0) is 45.4 Å². The average Bonchev–Trinajstić information content (AvgIpc) is 2.15. The average molecular weight is 196 g/mol. The Morgan fingerprint density at radius 2 is 2.43 bits per heavy atom. The Morgan fingerprint density at radius 1 is 1.64 bits per heavy atom.